The molecule has 3 amide bonds. The number of rotatable bonds is 5. The average molecular weight is 478 g/mol. The zero-order valence-electron chi connectivity index (χ0n) is 20.3. The van der Waals surface area contributed by atoms with Crippen LogP contribution in [-0.4, -0.2) is 40.6 Å². The fourth-order valence-electron chi connectivity index (χ4n) is 5.05. The van der Waals surface area contributed by atoms with Crippen molar-refractivity contribution in [1.29, 1.82) is 0 Å². The summed E-state index contributed by atoms with van der Waals surface area (Å²) in [6.07, 6.45) is 2.80. The van der Waals surface area contributed by atoms with E-state index in [0.717, 1.165) is 40.8 Å². The molecule has 0 aromatic heterocycles. The van der Waals surface area contributed by atoms with Gasteiger partial charge in [0.2, 0.25) is 5.91 Å². The fraction of sp³-hybridized carbons (Fsp3) is 0.370. The Morgan fingerprint density at radius 1 is 1.21 bits per heavy atom. The van der Waals surface area contributed by atoms with E-state index in [1.165, 1.54) is 11.3 Å². The Balaban J connectivity index is 1.51. The Labute approximate surface area is 205 Å². The molecule has 1 N–H and O–H groups in total. The standard InChI is InChI=1S/C27H31N3O3S/c1-6-30-22-11-10-19(13-21(22)18(3)15-27(30,4)5)14-23-25(32)29(26(33)34-23)16-24(31)28-20-9-7-8-17(2)12-20/h7-14,18H,6,15-16H2,1-5H3,(H,28,31)/b23-14-/t18-/m0/s1. The van der Waals surface area contributed by atoms with Gasteiger partial charge in [0.15, 0.2) is 0 Å². The van der Waals surface area contributed by atoms with Crippen LogP contribution in [0.25, 0.3) is 6.08 Å². The first-order valence-electron chi connectivity index (χ1n) is 11.6. The number of amides is 3. The summed E-state index contributed by atoms with van der Waals surface area (Å²) in [5.41, 5.74) is 5.11. The topological polar surface area (TPSA) is 69.7 Å². The Morgan fingerprint density at radius 2 is 1.97 bits per heavy atom. The fourth-order valence-corrected chi connectivity index (χ4v) is 5.89. The number of aryl methyl sites for hydroxylation is 1. The van der Waals surface area contributed by atoms with Gasteiger partial charge in [-0.2, -0.15) is 0 Å². The van der Waals surface area contributed by atoms with E-state index in [9.17, 15) is 14.4 Å². The van der Waals surface area contributed by atoms with Crippen molar-refractivity contribution in [2.24, 2.45) is 0 Å². The van der Waals surface area contributed by atoms with Crippen LogP contribution in [0.2, 0.25) is 0 Å². The Bertz CT molecular complexity index is 1190. The second kappa shape index (κ2) is 9.29. The van der Waals surface area contributed by atoms with E-state index in [-0.39, 0.29) is 12.1 Å². The number of hydrogen-bond donors (Lipinski definition) is 1. The first-order chi connectivity index (χ1) is 16.1. The van der Waals surface area contributed by atoms with Crippen LogP contribution in [0.3, 0.4) is 0 Å². The maximum atomic E-state index is 12.9. The number of carbonyl (C=O) groups is 3. The normalized spacial score (nSPS) is 20.6. The van der Waals surface area contributed by atoms with Gasteiger partial charge in [-0.25, -0.2) is 0 Å². The summed E-state index contributed by atoms with van der Waals surface area (Å²) >= 11 is 0.878. The van der Waals surface area contributed by atoms with Crippen LogP contribution in [0.4, 0.5) is 16.2 Å². The van der Waals surface area contributed by atoms with E-state index < -0.39 is 17.1 Å². The summed E-state index contributed by atoms with van der Waals surface area (Å²) in [6.45, 7) is 11.5. The number of nitrogens with zero attached hydrogens (tertiary/aromatic N) is 2. The highest BCUT2D eigenvalue weighted by Crippen LogP contribution is 2.44. The van der Waals surface area contributed by atoms with Gasteiger partial charge in [0, 0.05) is 23.5 Å². The van der Waals surface area contributed by atoms with E-state index in [0.29, 0.717) is 16.5 Å². The van der Waals surface area contributed by atoms with Crippen molar-refractivity contribution in [3.05, 3.63) is 64.1 Å². The summed E-state index contributed by atoms with van der Waals surface area (Å²) < 4.78 is 0. The molecule has 2 aromatic carbocycles. The molecule has 0 bridgehead atoms. The van der Waals surface area contributed by atoms with Crippen LogP contribution in [0, 0.1) is 6.92 Å². The maximum Gasteiger partial charge on any atom is 0.294 e. The second-order valence-corrected chi connectivity index (χ2v) is 10.7. The monoisotopic (exact) mass is 477 g/mol. The maximum absolute atomic E-state index is 12.9. The molecule has 2 aliphatic rings. The third-order valence-corrected chi connectivity index (χ3v) is 7.41. The molecule has 0 saturated carbocycles. The van der Waals surface area contributed by atoms with Crippen molar-refractivity contribution >= 4 is 46.3 Å². The highest BCUT2D eigenvalue weighted by Gasteiger charge is 2.37. The van der Waals surface area contributed by atoms with Gasteiger partial charge in [0.25, 0.3) is 11.1 Å². The Kier molecular flexibility index (Phi) is 6.58. The van der Waals surface area contributed by atoms with Crippen molar-refractivity contribution < 1.29 is 14.4 Å². The summed E-state index contributed by atoms with van der Waals surface area (Å²) in [6, 6.07) is 13.6. The van der Waals surface area contributed by atoms with Crippen molar-refractivity contribution in [2.75, 3.05) is 23.3 Å². The minimum atomic E-state index is -0.434. The molecule has 2 aliphatic heterocycles. The molecule has 7 heteroatoms. The van der Waals surface area contributed by atoms with Crippen molar-refractivity contribution in [2.45, 2.75) is 52.5 Å². The van der Waals surface area contributed by atoms with Gasteiger partial charge in [0.1, 0.15) is 6.54 Å². The first kappa shape index (κ1) is 24.1. The van der Waals surface area contributed by atoms with Crippen LogP contribution < -0.4 is 10.2 Å². The SMILES string of the molecule is CCN1c2ccc(/C=C3\SC(=O)N(CC(=O)Nc4cccc(C)c4)C3=O)cc2[C@@H](C)CC1(C)C. The molecule has 178 valence electrons. The lowest BCUT2D eigenvalue weighted by Crippen LogP contribution is -2.48. The summed E-state index contributed by atoms with van der Waals surface area (Å²) in [7, 11) is 0. The van der Waals surface area contributed by atoms with Crippen molar-refractivity contribution in [1.82, 2.24) is 4.90 Å². The molecule has 0 radical (unpaired) electrons. The number of hydrogen-bond acceptors (Lipinski definition) is 5. The number of carbonyl (C=O) groups excluding carboxylic acids is 3. The van der Waals surface area contributed by atoms with Crippen molar-refractivity contribution in [3.63, 3.8) is 0 Å². The van der Waals surface area contributed by atoms with Crippen LogP contribution in [-0.2, 0) is 9.59 Å². The first-order valence-corrected chi connectivity index (χ1v) is 12.4. The summed E-state index contributed by atoms with van der Waals surface area (Å²) in [4.78, 5) is 41.7. The summed E-state index contributed by atoms with van der Waals surface area (Å²) in [5, 5.41) is 2.32. The van der Waals surface area contributed by atoms with Gasteiger partial charge in [-0.1, -0.05) is 25.1 Å². The van der Waals surface area contributed by atoms with Crippen LogP contribution in [0.1, 0.15) is 56.7 Å². The van der Waals surface area contributed by atoms with E-state index in [1.54, 1.807) is 12.1 Å². The van der Waals surface area contributed by atoms with Crippen molar-refractivity contribution in [3.8, 4) is 0 Å². The molecule has 0 unspecified atom stereocenters. The highest BCUT2D eigenvalue weighted by atomic mass is 32.2. The third kappa shape index (κ3) is 4.75. The Morgan fingerprint density at radius 3 is 2.68 bits per heavy atom. The summed E-state index contributed by atoms with van der Waals surface area (Å²) in [5.74, 6) is -0.447. The largest absolute Gasteiger partial charge is 0.366 e. The molecule has 1 atom stereocenters. The predicted molar refractivity (Wildman–Crippen MR) is 139 cm³/mol. The molecule has 1 saturated heterocycles. The number of imide groups is 1. The number of benzene rings is 2. The molecular weight excluding hydrogens is 446 g/mol. The lowest BCUT2D eigenvalue weighted by Gasteiger charge is -2.47. The molecule has 34 heavy (non-hydrogen) atoms. The number of thioether (sulfide) groups is 1. The van der Waals surface area contributed by atoms with Gasteiger partial charge in [-0.3, -0.25) is 19.3 Å². The third-order valence-electron chi connectivity index (χ3n) is 6.50. The van der Waals surface area contributed by atoms with E-state index in [4.69, 9.17) is 0 Å². The molecular formula is C27H31N3O3S. The van der Waals surface area contributed by atoms with Crippen LogP contribution in [0.5, 0.6) is 0 Å². The average Bonchev–Trinajstić information content (AvgIpc) is 3.01. The van der Waals surface area contributed by atoms with E-state index >= 15 is 0 Å². The Hall–Kier alpha value is -3.06. The lowest BCUT2D eigenvalue weighted by molar-refractivity contribution is -0.127. The minimum absolute atomic E-state index is 0.0877. The molecule has 2 aromatic rings. The number of fused-ring (bicyclic) bond motifs is 1. The molecule has 1 fully saturated rings. The number of anilines is 2. The molecule has 2 heterocycles. The van der Waals surface area contributed by atoms with Crippen LogP contribution >= 0.6 is 11.8 Å². The zero-order valence-corrected chi connectivity index (χ0v) is 21.2. The van der Waals surface area contributed by atoms with E-state index in [1.807, 2.05) is 31.2 Å². The highest BCUT2D eigenvalue weighted by molar-refractivity contribution is 8.18. The van der Waals surface area contributed by atoms with Gasteiger partial charge in [-0.05, 0) is 98.8 Å². The van der Waals surface area contributed by atoms with Gasteiger partial charge < -0.3 is 10.2 Å². The van der Waals surface area contributed by atoms with Gasteiger partial charge in [0.05, 0.1) is 4.91 Å². The van der Waals surface area contributed by atoms with Gasteiger partial charge >= 0.3 is 0 Å². The quantitative estimate of drug-likeness (QED) is 0.553. The zero-order chi connectivity index (χ0) is 24.6. The van der Waals surface area contributed by atoms with Gasteiger partial charge in [-0.15, -0.1) is 0 Å². The lowest BCUT2D eigenvalue weighted by atomic mass is 9.79. The molecule has 0 spiro atoms. The minimum Gasteiger partial charge on any atom is -0.366 e. The molecule has 6 nitrogen and oxygen atoms in total. The van der Waals surface area contributed by atoms with Crippen LogP contribution in [0.15, 0.2) is 47.4 Å². The predicted octanol–water partition coefficient (Wildman–Crippen LogP) is 5.78. The molecule has 0 aliphatic carbocycles. The smallest absolute Gasteiger partial charge is 0.294 e. The second-order valence-electron chi connectivity index (χ2n) is 9.67. The van der Waals surface area contributed by atoms with E-state index in [2.05, 4.69) is 50.0 Å². The molecule has 4 rings (SSSR count). The number of nitrogens with one attached hydrogen (secondary N) is 1.